The lowest BCUT2D eigenvalue weighted by atomic mass is 10.2. The molecule has 0 bridgehead atoms. The molecule has 25 heavy (non-hydrogen) atoms. The molecule has 0 aliphatic carbocycles. The Labute approximate surface area is 158 Å². The smallest absolute Gasteiger partial charge is 0.256 e. The van der Waals surface area contributed by atoms with Gasteiger partial charge in [-0.1, -0.05) is 0 Å². The Kier molecular flexibility index (Phi) is 5.60. The van der Waals surface area contributed by atoms with Crippen LogP contribution in [-0.2, 0) is 4.79 Å². The van der Waals surface area contributed by atoms with E-state index in [1.807, 2.05) is 0 Å². The van der Waals surface area contributed by atoms with Crippen molar-refractivity contribution in [3.8, 4) is 5.75 Å². The monoisotopic (exact) mass is 421 g/mol. The summed E-state index contributed by atoms with van der Waals surface area (Å²) < 4.78 is 5.83. The molecule has 1 aromatic carbocycles. The zero-order valence-electron chi connectivity index (χ0n) is 13.4. The second-order valence-electron chi connectivity index (χ2n) is 5.40. The van der Waals surface area contributed by atoms with Gasteiger partial charge in [-0.2, -0.15) is 0 Å². The SMILES string of the molecule is COc1ccc(NC(=O)C2CSCN2C(=O)c2cncc(Br)c2)cc1. The molecule has 130 valence electrons. The van der Waals surface area contributed by atoms with Gasteiger partial charge in [-0.3, -0.25) is 14.6 Å². The molecule has 1 saturated heterocycles. The molecular weight excluding hydrogens is 406 g/mol. The van der Waals surface area contributed by atoms with Gasteiger partial charge in [0.2, 0.25) is 5.91 Å². The largest absolute Gasteiger partial charge is 0.497 e. The highest BCUT2D eigenvalue weighted by atomic mass is 79.9. The quantitative estimate of drug-likeness (QED) is 0.821. The maximum absolute atomic E-state index is 12.7. The van der Waals surface area contributed by atoms with Crippen LogP contribution in [0.15, 0.2) is 47.2 Å². The zero-order chi connectivity index (χ0) is 17.8. The van der Waals surface area contributed by atoms with E-state index in [-0.39, 0.29) is 11.8 Å². The molecule has 1 aliphatic rings. The number of benzene rings is 1. The van der Waals surface area contributed by atoms with Crippen LogP contribution in [0.5, 0.6) is 5.75 Å². The molecular formula is C17H16BrN3O3S. The number of anilines is 1. The topological polar surface area (TPSA) is 71.5 Å². The van der Waals surface area contributed by atoms with E-state index >= 15 is 0 Å². The first-order valence-corrected chi connectivity index (χ1v) is 9.47. The summed E-state index contributed by atoms with van der Waals surface area (Å²) in [6.45, 7) is 0. The van der Waals surface area contributed by atoms with E-state index in [4.69, 9.17) is 4.74 Å². The van der Waals surface area contributed by atoms with Crippen molar-refractivity contribution in [3.63, 3.8) is 0 Å². The number of carbonyl (C=O) groups excluding carboxylic acids is 2. The molecule has 8 heteroatoms. The van der Waals surface area contributed by atoms with Gasteiger partial charge >= 0.3 is 0 Å². The highest BCUT2D eigenvalue weighted by molar-refractivity contribution is 9.10. The highest BCUT2D eigenvalue weighted by Crippen LogP contribution is 2.25. The van der Waals surface area contributed by atoms with Crippen LogP contribution < -0.4 is 10.1 Å². The van der Waals surface area contributed by atoms with Gasteiger partial charge < -0.3 is 15.0 Å². The Morgan fingerprint density at radius 2 is 2.08 bits per heavy atom. The van der Waals surface area contributed by atoms with Crippen molar-refractivity contribution in [1.29, 1.82) is 0 Å². The lowest BCUT2D eigenvalue weighted by molar-refractivity contribution is -0.119. The fourth-order valence-corrected chi connectivity index (χ4v) is 3.97. The molecule has 0 radical (unpaired) electrons. The van der Waals surface area contributed by atoms with Gasteiger partial charge in [-0.25, -0.2) is 0 Å². The Bertz CT molecular complexity index is 785. The standard InChI is InChI=1S/C17H16BrN3O3S/c1-24-14-4-2-13(3-5-14)20-16(22)15-9-25-10-21(15)17(23)11-6-12(18)8-19-7-11/h2-8,15H,9-10H2,1H3,(H,20,22). The minimum Gasteiger partial charge on any atom is -0.497 e. The number of halogens is 1. The van der Waals surface area contributed by atoms with Gasteiger partial charge in [-0.05, 0) is 46.3 Å². The Balaban J connectivity index is 1.71. The van der Waals surface area contributed by atoms with Crippen LogP contribution in [-0.4, -0.2) is 46.5 Å². The van der Waals surface area contributed by atoms with E-state index in [0.29, 0.717) is 28.6 Å². The Morgan fingerprint density at radius 3 is 2.76 bits per heavy atom. The van der Waals surface area contributed by atoms with Gasteiger partial charge in [0, 0.05) is 28.3 Å². The molecule has 6 nitrogen and oxygen atoms in total. The number of carbonyl (C=O) groups is 2. The summed E-state index contributed by atoms with van der Waals surface area (Å²) in [6.07, 6.45) is 3.12. The number of ether oxygens (including phenoxy) is 1. The number of aromatic nitrogens is 1. The summed E-state index contributed by atoms with van der Waals surface area (Å²) in [6, 6.07) is 8.27. The molecule has 1 atom stereocenters. The van der Waals surface area contributed by atoms with E-state index in [9.17, 15) is 9.59 Å². The van der Waals surface area contributed by atoms with Gasteiger partial charge in [0.15, 0.2) is 0 Å². The first-order valence-electron chi connectivity index (χ1n) is 7.52. The zero-order valence-corrected chi connectivity index (χ0v) is 15.8. The molecule has 2 aromatic rings. The molecule has 0 saturated carbocycles. The Hall–Kier alpha value is -2.06. The summed E-state index contributed by atoms with van der Waals surface area (Å²) in [5.74, 6) is 1.36. The maximum Gasteiger partial charge on any atom is 0.256 e. The number of rotatable bonds is 4. The summed E-state index contributed by atoms with van der Waals surface area (Å²) in [5, 5.41) is 2.86. The molecule has 1 N–H and O–H groups in total. The third-order valence-electron chi connectivity index (χ3n) is 3.76. The highest BCUT2D eigenvalue weighted by Gasteiger charge is 2.35. The number of hydrogen-bond acceptors (Lipinski definition) is 5. The van der Waals surface area contributed by atoms with Crippen LogP contribution in [0.4, 0.5) is 5.69 Å². The normalized spacial score (nSPS) is 16.6. The number of thioether (sulfide) groups is 1. The second kappa shape index (κ2) is 7.88. The van der Waals surface area contributed by atoms with E-state index in [1.54, 1.807) is 60.3 Å². The lowest BCUT2D eigenvalue weighted by Crippen LogP contribution is -2.44. The van der Waals surface area contributed by atoms with Crippen molar-refractivity contribution >= 4 is 45.2 Å². The molecule has 1 unspecified atom stereocenters. The fourth-order valence-electron chi connectivity index (χ4n) is 2.45. The van der Waals surface area contributed by atoms with E-state index < -0.39 is 6.04 Å². The maximum atomic E-state index is 12.7. The molecule has 0 spiro atoms. The van der Waals surface area contributed by atoms with Crippen LogP contribution in [0.2, 0.25) is 0 Å². The molecule has 1 aliphatic heterocycles. The van der Waals surface area contributed by atoms with Gasteiger partial charge in [0.25, 0.3) is 5.91 Å². The second-order valence-corrected chi connectivity index (χ2v) is 7.32. The summed E-state index contributed by atoms with van der Waals surface area (Å²) in [5.41, 5.74) is 1.12. The molecule has 3 rings (SSSR count). The van der Waals surface area contributed by atoms with Gasteiger partial charge in [0.1, 0.15) is 11.8 Å². The minimum atomic E-state index is -0.515. The molecule has 2 heterocycles. The fraction of sp³-hybridized carbons (Fsp3) is 0.235. The molecule has 1 aromatic heterocycles. The van der Waals surface area contributed by atoms with Gasteiger partial charge in [0.05, 0.1) is 18.6 Å². The van der Waals surface area contributed by atoms with Gasteiger partial charge in [-0.15, -0.1) is 11.8 Å². The first-order chi connectivity index (χ1) is 12.1. The average molecular weight is 422 g/mol. The Morgan fingerprint density at radius 1 is 1.32 bits per heavy atom. The van der Waals surface area contributed by atoms with E-state index in [1.165, 1.54) is 6.20 Å². The minimum absolute atomic E-state index is 0.200. The lowest BCUT2D eigenvalue weighted by Gasteiger charge is -2.23. The average Bonchev–Trinajstić information content (AvgIpc) is 3.11. The number of amides is 2. The third kappa shape index (κ3) is 4.13. The van der Waals surface area contributed by atoms with Crippen molar-refractivity contribution in [2.75, 3.05) is 24.1 Å². The van der Waals surface area contributed by atoms with Crippen molar-refractivity contribution in [1.82, 2.24) is 9.88 Å². The van der Waals surface area contributed by atoms with Crippen LogP contribution in [0.1, 0.15) is 10.4 Å². The first kappa shape index (κ1) is 17.8. The summed E-state index contributed by atoms with van der Waals surface area (Å²) >= 11 is 4.87. The number of pyridine rings is 1. The number of methoxy groups -OCH3 is 1. The molecule has 2 amide bonds. The van der Waals surface area contributed by atoms with Crippen molar-refractivity contribution < 1.29 is 14.3 Å². The van der Waals surface area contributed by atoms with Crippen LogP contribution in [0, 0.1) is 0 Å². The van der Waals surface area contributed by atoms with Crippen molar-refractivity contribution in [2.45, 2.75) is 6.04 Å². The predicted molar refractivity (Wildman–Crippen MR) is 101 cm³/mol. The van der Waals surface area contributed by atoms with Crippen LogP contribution in [0.3, 0.4) is 0 Å². The van der Waals surface area contributed by atoms with Crippen LogP contribution >= 0.6 is 27.7 Å². The molecule has 1 fully saturated rings. The third-order valence-corrected chi connectivity index (χ3v) is 5.20. The predicted octanol–water partition coefficient (Wildman–Crippen LogP) is 3.01. The van der Waals surface area contributed by atoms with Crippen molar-refractivity contribution in [3.05, 3.63) is 52.8 Å². The van der Waals surface area contributed by atoms with E-state index in [2.05, 4.69) is 26.2 Å². The number of nitrogens with zero attached hydrogens (tertiary/aromatic N) is 2. The number of nitrogens with one attached hydrogen (secondary N) is 1. The summed E-state index contributed by atoms with van der Waals surface area (Å²) in [7, 11) is 1.59. The van der Waals surface area contributed by atoms with E-state index in [0.717, 1.165) is 4.47 Å². The number of hydrogen-bond donors (Lipinski definition) is 1. The van der Waals surface area contributed by atoms with Crippen molar-refractivity contribution in [2.24, 2.45) is 0 Å². The van der Waals surface area contributed by atoms with Crippen LogP contribution in [0.25, 0.3) is 0 Å². The summed E-state index contributed by atoms with van der Waals surface area (Å²) in [4.78, 5) is 30.9.